The number of methoxy groups -OCH3 is 1. The topological polar surface area (TPSA) is 111 Å². The summed E-state index contributed by atoms with van der Waals surface area (Å²) in [7, 11) is 1.60. The smallest absolute Gasteiger partial charge is 0.348 e. The highest BCUT2D eigenvalue weighted by atomic mass is 32.1. The van der Waals surface area contributed by atoms with E-state index < -0.39 is 11.9 Å². The van der Waals surface area contributed by atoms with Crippen molar-refractivity contribution in [3.63, 3.8) is 0 Å². The van der Waals surface area contributed by atoms with Crippen LogP contribution in [0.1, 0.15) is 37.5 Å². The highest BCUT2D eigenvalue weighted by Gasteiger charge is 2.26. The monoisotopic (exact) mass is 509 g/mol. The van der Waals surface area contributed by atoms with E-state index in [1.54, 1.807) is 21.0 Å². The van der Waals surface area contributed by atoms with Crippen molar-refractivity contribution < 1.29 is 23.8 Å². The fourth-order valence-electron chi connectivity index (χ4n) is 3.03. The van der Waals surface area contributed by atoms with Crippen LogP contribution in [0, 0.1) is 18.3 Å². The zero-order chi connectivity index (χ0) is 25.4. The van der Waals surface area contributed by atoms with Gasteiger partial charge in [-0.15, -0.1) is 22.7 Å². The van der Waals surface area contributed by atoms with Gasteiger partial charge in [-0.3, -0.25) is 0 Å². The van der Waals surface area contributed by atoms with E-state index in [0.717, 1.165) is 28.3 Å². The summed E-state index contributed by atoms with van der Waals surface area (Å²) in [5, 5.41) is 15.5. The number of ether oxygens (including phenoxy) is 3. The molecule has 0 aliphatic heterocycles. The van der Waals surface area contributed by atoms with Crippen LogP contribution in [0.15, 0.2) is 48.5 Å². The Balaban J connectivity index is 1.91. The van der Waals surface area contributed by atoms with Crippen molar-refractivity contribution in [2.45, 2.75) is 13.8 Å². The molecule has 0 fully saturated rings. The predicted octanol–water partition coefficient (Wildman–Crippen LogP) is 5.68. The van der Waals surface area contributed by atoms with Gasteiger partial charge in [-0.2, -0.15) is 5.26 Å². The van der Waals surface area contributed by atoms with Crippen LogP contribution in [0.4, 0.5) is 5.00 Å². The van der Waals surface area contributed by atoms with Gasteiger partial charge in [0.05, 0.1) is 25.0 Å². The maximum absolute atomic E-state index is 12.6. The molecule has 0 saturated carbocycles. The molecule has 0 bridgehead atoms. The minimum Gasteiger partial charge on any atom is -0.497 e. The lowest BCUT2D eigenvalue weighted by atomic mass is 10.1. The SMILES string of the molecule is C=CCOC(=O)c1sc(NC=C(C#N)c2nc(-c3ccc(OC)cc3)cs2)c(C(=O)OCC)c1C. The summed E-state index contributed by atoms with van der Waals surface area (Å²) in [5.41, 5.74) is 2.54. The third-order valence-corrected chi connectivity index (χ3v) is 6.81. The normalized spacial score (nSPS) is 10.9. The molecule has 0 saturated heterocycles. The standard InChI is InChI=1S/C25H23N3O5S2/c1-5-11-33-25(30)21-15(3)20(24(29)32-6-2)23(35-21)27-13-17(12-26)22-28-19(14-34-22)16-7-9-18(31-4)10-8-16/h5,7-10,13-14,27H,1,6,11H2,2-4H3. The zero-order valence-corrected chi connectivity index (χ0v) is 21.0. The van der Waals surface area contributed by atoms with Crippen molar-refractivity contribution in [3.05, 3.63) is 69.5 Å². The second kappa shape index (κ2) is 12.0. The summed E-state index contributed by atoms with van der Waals surface area (Å²) in [5.74, 6) is -0.406. The van der Waals surface area contributed by atoms with Crippen molar-refractivity contribution in [3.8, 4) is 23.1 Å². The number of carbonyl (C=O) groups is 2. The number of hydrogen-bond donors (Lipinski definition) is 1. The van der Waals surface area contributed by atoms with Crippen LogP contribution in [-0.4, -0.2) is 37.2 Å². The number of nitrogens with zero attached hydrogens (tertiary/aromatic N) is 2. The van der Waals surface area contributed by atoms with Crippen LogP contribution < -0.4 is 10.1 Å². The van der Waals surface area contributed by atoms with Crippen LogP contribution in [0.25, 0.3) is 16.8 Å². The summed E-state index contributed by atoms with van der Waals surface area (Å²) in [6.45, 7) is 7.10. The second-order valence-electron chi connectivity index (χ2n) is 6.95. The second-order valence-corrected chi connectivity index (χ2v) is 8.83. The van der Waals surface area contributed by atoms with E-state index in [1.807, 2.05) is 29.6 Å². The molecule has 10 heteroatoms. The lowest BCUT2D eigenvalue weighted by Crippen LogP contribution is -2.09. The van der Waals surface area contributed by atoms with Gasteiger partial charge in [0.25, 0.3) is 0 Å². The number of thiazole rings is 1. The summed E-state index contributed by atoms with van der Waals surface area (Å²) in [6, 6.07) is 9.58. The number of benzene rings is 1. The molecule has 1 aromatic carbocycles. The summed E-state index contributed by atoms with van der Waals surface area (Å²) in [6.07, 6.45) is 2.92. The first kappa shape index (κ1) is 25.7. The number of hydrogen-bond acceptors (Lipinski definition) is 10. The average Bonchev–Trinajstić information content (AvgIpc) is 3.48. The van der Waals surface area contributed by atoms with Gasteiger partial charge in [0.15, 0.2) is 0 Å². The van der Waals surface area contributed by atoms with Crippen molar-refractivity contribution >= 4 is 45.2 Å². The maximum atomic E-state index is 12.6. The summed E-state index contributed by atoms with van der Waals surface area (Å²) < 4.78 is 15.5. The van der Waals surface area contributed by atoms with Crippen LogP contribution in [0.2, 0.25) is 0 Å². The molecular weight excluding hydrogens is 486 g/mol. The molecular formula is C25H23N3O5S2. The van der Waals surface area contributed by atoms with Gasteiger partial charge in [0.1, 0.15) is 38.9 Å². The van der Waals surface area contributed by atoms with Gasteiger partial charge >= 0.3 is 11.9 Å². The van der Waals surface area contributed by atoms with Gasteiger partial charge in [-0.05, 0) is 43.7 Å². The lowest BCUT2D eigenvalue weighted by molar-refractivity contribution is 0.0527. The Kier molecular flexibility index (Phi) is 8.78. The molecule has 2 heterocycles. The number of nitriles is 1. The first-order valence-electron chi connectivity index (χ1n) is 10.5. The number of nitrogens with one attached hydrogen (secondary N) is 1. The van der Waals surface area contributed by atoms with Gasteiger partial charge in [0, 0.05) is 17.1 Å². The molecule has 3 aromatic rings. The molecule has 3 rings (SSSR count). The number of carbonyl (C=O) groups excluding carboxylic acids is 2. The molecule has 35 heavy (non-hydrogen) atoms. The largest absolute Gasteiger partial charge is 0.497 e. The first-order chi connectivity index (χ1) is 16.9. The quantitative estimate of drug-likeness (QED) is 0.211. The summed E-state index contributed by atoms with van der Waals surface area (Å²) >= 11 is 2.37. The van der Waals surface area contributed by atoms with E-state index in [1.165, 1.54) is 23.6 Å². The third kappa shape index (κ3) is 5.95. The van der Waals surface area contributed by atoms with Gasteiger partial charge in [-0.1, -0.05) is 12.7 Å². The van der Waals surface area contributed by atoms with Crippen molar-refractivity contribution in [1.29, 1.82) is 5.26 Å². The molecule has 0 aliphatic carbocycles. The van der Waals surface area contributed by atoms with E-state index in [4.69, 9.17) is 14.2 Å². The molecule has 0 radical (unpaired) electrons. The molecule has 0 unspecified atom stereocenters. The molecule has 1 N–H and O–H groups in total. The van der Waals surface area contributed by atoms with Gasteiger partial charge in [0.2, 0.25) is 0 Å². The van der Waals surface area contributed by atoms with E-state index in [2.05, 4.69) is 22.9 Å². The molecule has 2 aromatic heterocycles. The Morgan fingerprint density at radius 3 is 2.60 bits per heavy atom. The molecule has 0 spiro atoms. The number of rotatable bonds is 10. The fraction of sp³-hybridized carbons (Fsp3) is 0.200. The highest BCUT2D eigenvalue weighted by Crippen LogP contribution is 2.35. The highest BCUT2D eigenvalue weighted by molar-refractivity contribution is 7.18. The Morgan fingerprint density at radius 1 is 1.23 bits per heavy atom. The van der Waals surface area contributed by atoms with Crippen LogP contribution in [0.5, 0.6) is 5.75 Å². The molecule has 0 atom stereocenters. The lowest BCUT2D eigenvalue weighted by Gasteiger charge is -2.05. The van der Waals surface area contributed by atoms with Crippen molar-refractivity contribution in [1.82, 2.24) is 4.98 Å². The fourth-order valence-corrected chi connectivity index (χ4v) is 4.88. The Labute approximate surface area is 211 Å². The summed E-state index contributed by atoms with van der Waals surface area (Å²) in [4.78, 5) is 29.9. The van der Waals surface area contributed by atoms with E-state index in [0.29, 0.717) is 15.6 Å². The van der Waals surface area contributed by atoms with Gasteiger partial charge < -0.3 is 19.5 Å². The Bertz CT molecular complexity index is 1300. The Morgan fingerprint density at radius 2 is 1.97 bits per heavy atom. The number of allylic oxidation sites excluding steroid dienone is 1. The van der Waals surface area contributed by atoms with Crippen molar-refractivity contribution in [2.75, 3.05) is 25.6 Å². The molecule has 8 nitrogen and oxygen atoms in total. The van der Waals surface area contributed by atoms with Gasteiger partial charge in [-0.25, -0.2) is 14.6 Å². The number of anilines is 1. The average molecular weight is 510 g/mol. The number of thiophene rings is 1. The number of aromatic nitrogens is 1. The van der Waals surface area contributed by atoms with E-state index >= 15 is 0 Å². The van der Waals surface area contributed by atoms with Crippen LogP contribution in [-0.2, 0) is 9.47 Å². The third-order valence-electron chi connectivity index (χ3n) is 4.73. The molecule has 0 amide bonds. The maximum Gasteiger partial charge on any atom is 0.348 e. The zero-order valence-electron chi connectivity index (χ0n) is 19.4. The Hall–Kier alpha value is -3.94. The minimum absolute atomic E-state index is 0.0483. The number of esters is 2. The molecule has 180 valence electrons. The van der Waals surface area contributed by atoms with Crippen molar-refractivity contribution in [2.24, 2.45) is 0 Å². The van der Waals surface area contributed by atoms with Crippen LogP contribution in [0.3, 0.4) is 0 Å². The van der Waals surface area contributed by atoms with Crippen LogP contribution >= 0.6 is 22.7 Å². The first-order valence-corrected chi connectivity index (χ1v) is 12.2. The van der Waals surface area contributed by atoms with E-state index in [9.17, 15) is 14.9 Å². The predicted molar refractivity (Wildman–Crippen MR) is 137 cm³/mol. The molecule has 0 aliphatic rings. The minimum atomic E-state index is -0.575. The van der Waals surface area contributed by atoms with E-state index in [-0.39, 0.29) is 29.2 Å².